The predicted molar refractivity (Wildman–Crippen MR) is 54.5 cm³/mol. The van der Waals surface area contributed by atoms with Crippen molar-refractivity contribution in [1.29, 1.82) is 0 Å². The molecule has 0 aliphatic carbocycles. The molecular weight excluding hydrogens is 162 g/mol. The zero-order valence-corrected chi connectivity index (χ0v) is 8.41. The molecule has 0 amide bonds. The monoisotopic (exact) mass is 179 g/mol. The summed E-state index contributed by atoms with van der Waals surface area (Å²) in [6.07, 6.45) is -0.554. The Balaban J connectivity index is 3.12. The minimum absolute atomic E-state index is 0.222. The van der Waals surface area contributed by atoms with Crippen molar-refractivity contribution in [3.63, 3.8) is 0 Å². The van der Waals surface area contributed by atoms with Gasteiger partial charge in [0.05, 0.1) is 6.10 Å². The Kier molecular flexibility index (Phi) is 3.07. The number of aliphatic hydroxyl groups excluding tert-OH is 1. The van der Waals surface area contributed by atoms with E-state index in [0.717, 1.165) is 16.7 Å². The number of hydrogen-bond donors (Lipinski definition) is 2. The van der Waals surface area contributed by atoms with Crippen LogP contribution >= 0.6 is 0 Å². The molecule has 2 unspecified atom stereocenters. The molecule has 0 fully saturated rings. The van der Waals surface area contributed by atoms with Gasteiger partial charge in [0.25, 0.3) is 0 Å². The summed E-state index contributed by atoms with van der Waals surface area (Å²) in [4.78, 5) is 0. The first-order valence-electron chi connectivity index (χ1n) is 4.53. The average Bonchev–Trinajstić information content (AvgIpc) is 2.03. The third kappa shape index (κ3) is 2.08. The Morgan fingerprint density at radius 2 is 1.69 bits per heavy atom. The third-order valence-electron chi connectivity index (χ3n) is 2.34. The highest BCUT2D eigenvalue weighted by molar-refractivity contribution is 5.35. The molecule has 1 aromatic carbocycles. The molecule has 3 N–H and O–H groups in total. The second-order valence-electron chi connectivity index (χ2n) is 3.61. The molecular formula is C11H17NO. The molecule has 0 radical (unpaired) electrons. The molecule has 13 heavy (non-hydrogen) atoms. The number of benzene rings is 1. The summed E-state index contributed by atoms with van der Waals surface area (Å²) in [5.41, 5.74) is 8.83. The van der Waals surface area contributed by atoms with Crippen molar-refractivity contribution in [1.82, 2.24) is 0 Å². The third-order valence-corrected chi connectivity index (χ3v) is 2.34. The Bertz CT molecular complexity index is 274. The highest BCUT2D eigenvalue weighted by Gasteiger charge is 2.16. The van der Waals surface area contributed by atoms with E-state index in [1.807, 2.05) is 39.0 Å². The lowest BCUT2D eigenvalue weighted by Crippen LogP contribution is -2.25. The molecule has 0 heterocycles. The van der Waals surface area contributed by atoms with Gasteiger partial charge in [0.2, 0.25) is 0 Å². The summed E-state index contributed by atoms with van der Waals surface area (Å²) in [6, 6.07) is 5.75. The van der Waals surface area contributed by atoms with Gasteiger partial charge in [-0.2, -0.15) is 0 Å². The van der Waals surface area contributed by atoms with Gasteiger partial charge < -0.3 is 10.8 Å². The van der Waals surface area contributed by atoms with Crippen LogP contribution in [-0.4, -0.2) is 11.1 Å². The molecule has 1 rings (SSSR count). The number of aryl methyl sites for hydroxylation is 2. The Morgan fingerprint density at radius 3 is 2.08 bits per heavy atom. The molecule has 0 saturated heterocycles. The Labute approximate surface area is 79.4 Å². The van der Waals surface area contributed by atoms with Crippen LogP contribution in [0.4, 0.5) is 0 Å². The molecule has 0 spiro atoms. The van der Waals surface area contributed by atoms with Gasteiger partial charge in [0.1, 0.15) is 0 Å². The van der Waals surface area contributed by atoms with Gasteiger partial charge in [-0.3, -0.25) is 0 Å². The highest BCUT2D eigenvalue weighted by Crippen LogP contribution is 2.23. The summed E-state index contributed by atoms with van der Waals surface area (Å²) >= 11 is 0. The van der Waals surface area contributed by atoms with E-state index in [0.29, 0.717) is 0 Å². The van der Waals surface area contributed by atoms with Gasteiger partial charge in [-0.1, -0.05) is 18.2 Å². The average molecular weight is 179 g/mol. The van der Waals surface area contributed by atoms with E-state index in [-0.39, 0.29) is 6.04 Å². The van der Waals surface area contributed by atoms with Crippen LogP contribution in [0.5, 0.6) is 0 Å². The normalized spacial score (nSPS) is 15.5. The molecule has 2 atom stereocenters. The Hall–Kier alpha value is -0.860. The van der Waals surface area contributed by atoms with E-state index < -0.39 is 6.10 Å². The van der Waals surface area contributed by atoms with Crippen LogP contribution in [-0.2, 0) is 0 Å². The van der Waals surface area contributed by atoms with Gasteiger partial charge in [-0.05, 0) is 37.5 Å². The largest absolute Gasteiger partial charge is 0.387 e. The van der Waals surface area contributed by atoms with E-state index >= 15 is 0 Å². The molecule has 0 aliphatic rings. The molecule has 0 saturated carbocycles. The summed E-state index contributed by atoms with van der Waals surface area (Å²) < 4.78 is 0. The van der Waals surface area contributed by atoms with E-state index in [1.54, 1.807) is 0 Å². The standard InChI is InChI=1S/C11H17NO/c1-7-5-4-6-8(2)10(7)11(13)9(3)12/h4-6,9,11,13H,12H2,1-3H3. The lowest BCUT2D eigenvalue weighted by Gasteiger charge is -2.19. The van der Waals surface area contributed by atoms with Crippen LogP contribution in [0.3, 0.4) is 0 Å². The van der Waals surface area contributed by atoms with Crippen molar-refractivity contribution in [2.24, 2.45) is 5.73 Å². The van der Waals surface area contributed by atoms with Gasteiger partial charge in [0.15, 0.2) is 0 Å². The first-order valence-corrected chi connectivity index (χ1v) is 4.53. The molecule has 0 aliphatic heterocycles. The van der Waals surface area contributed by atoms with Crippen molar-refractivity contribution >= 4 is 0 Å². The van der Waals surface area contributed by atoms with Gasteiger partial charge in [-0.25, -0.2) is 0 Å². The quantitative estimate of drug-likeness (QED) is 0.725. The van der Waals surface area contributed by atoms with Crippen LogP contribution in [0.2, 0.25) is 0 Å². The summed E-state index contributed by atoms with van der Waals surface area (Å²) in [5, 5.41) is 9.83. The number of aliphatic hydroxyl groups is 1. The van der Waals surface area contributed by atoms with Crippen molar-refractivity contribution < 1.29 is 5.11 Å². The predicted octanol–water partition coefficient (Wildman–Crippen LogP) is 1.68. The van der Waals surface area contributed by atoms with E-state index in [4.69, 9.17) is 5.73 Å². The highest BCUT2D eigenvalue weighted by atomic mass is 16.3. The fourth-order valence-corrected chi connectivity index (χ4v) is 1.56. The van der Waals surface area contributed by atoms with Crippen molar-refractivity contribution in [2.75, 3.05) is 0 Å². The fraction of sp³-hybridized carbons (Fsp3) is 0.455. The molecule has 0 bridgehead atoms. The smallest absolute Gasteiger partial charge is 0.0943 e. The van der Waals surface area contributed by atoms with Crippen LogP contribution in [0.1, 0.15) is 29.7 Å². The van der Waals surface area contributed by atoms with Crippen LogP contribution in [0.15, 0.2) is 18.2 Å². The Morgan fingerprint density at radius 1 is 1.23 bits per heavy atom. The first kappa shape index (κ1) is 10.2. The zero-order valence-electron chi connectivity index (χ0n) is 8.41. The minimum atomic E-state index is -0.554. The number of hydrogen-bond acceptors (Lipinski definition) is 2. The maximum absolute atomic E-state index is 9.83. The molecule has 72 valence electrons. The van der Waals surface area contributed by atoms with Gasteiger partial charge in [-0.15, -0.1) is 0 Å². The van der Waals surface area contributed by atoms with E-state index in [9.17, 15) is 5.11 Å². The lowest BCUT2D eigenvalue weighted by atomic mass is 9.95. The van der Waals surface area contributed by atoms with Gasteiger partial charge in [0, 0.05) is 6.04 Å². The topological polar surface area (TPSA) is 46.2 Å². The SMILES string of the molecule is Cc1cccc(C)c1C(O)C(C)N. The van der Waals surface area contributed by atoms with Crippen molar-refractivity contribution in [3.8, 4) is 0 Å². The van der Waals surface area contributed by atoms with Gasteiger partial charge >= 0.3 is 0 Å². The fourth-order valence-electron chi connectivity index (χ4n) is 1.56. The number of rotatable bonds is 2. The first-order chi connectivity index (χ1) is 6.04. The maximum Gasteiger partial charge on any atom is 0.0943 e. The summed E-state index contributed by atoms with van der Waals surface area (Å²) in [7, 11) is 0. The second kappa shape index (κ2) is 3.90. The maximum atomic E-state index is 9.83. The lowest BCUT2D eigenvalue weighted by molar-refractivity contribution is 0.152. The summed E-state index contributed by atoms with van der Waals surface area (Å²) in [5.74, 6) is 0. The summed E-state index contributed by atoms with van der Waals surface area (Å²) in [6.45, 7) is 5.80. The van der Waals surface area contributed by atoms with Crippen LogP contribution < -0.4 is 5.73 Å². The van der Waals surface area contributed by atoms with Crippen LogP contribution in [0, 0.1) is 13.8 Å². The van der Waals surface area contributed by atoms with E-state index in [2.05, 4.69) is 0 Å². The zero-order chi connectivity index (χ0) is 10.0. The van der Waals surface area contributed by atoms with Crippen molar-refractivity contribution in [3.05, 3.63) is 34.9 Å². The number of nitrogens with two attached hydrogens (primary N) is 1. The minimum Gasteiger partial charge on any atom is -0.387 e. The van der Waals surface area contributed by atoms with Crippen LogP contribution in [0.25, 0.3) is 0 Å². The second-order valence-corrected chi connectivity index (χ2v) is 3.61. The molecule has 0 aromatic heterocycles. The molecule has 1 aromatic rings. The molecule has 2 heteroatoms. The van der Waals surface area contributed by atoms with E-state index in [1.165, 1.54) is 0 Å². The molecule has 2 nitrogen and oxygen atoms in total. The van der Waals surface area contributed by atoms with Crippen molar-refractivity contribution in [2.45, 2.75) is 32.9 Å².